The average molecular weight is 274 g/mol. The number of likely N-dealkylation sites (tertiary alicyclic amines) is 1. The van der Waals surface area contributed by atoms with E-state index < -0.39 is 0 Å². The van der Waals surface area contributed by atoms with Gasteiger partial charge in [-0.25, -0.2) is 0 Å². The highest BCUT2D eigenvalue weighted by atomic mass is 16.5. The topological polar surface area (TPSA) is 41.6 Å². The van der Waals surface area contributed by atoms with Gasteiger partial charge in [0.2, 0.25) is 5.91 Å². The van der Waals surface area contributed by atoms with E-state index in [1.54, 1.807) is 6.92 Å². The van der Waals surface area contributed by atoms with E-state index >= 15 is 0 Å². The molecule has 1 amide bonds. The number of rotatable bonds is 2. The second-order valence-electron chi connectivity index (χ2n) is 5.91. The summed E-state index contributed by atoms with van der Waals surface area (Å²) in [5, 5.41) is 3.54. The number of carbonyl (C=O) groups is 1. The molecular formula is C16H22N2O2. The van der Waals surface area contributed by atoms with E-state index in [4.69, 9.17) is 4.74 Å². The average Bonchev–Trinajstić information content (AvgIpc) is 2.83. The van der Waals surface area contributed by atoms with E-state index in [0.29, 0.717) is 6.04 Å². The number of carbonyl (C=O) groups excluding carboxylic acids is 1. The lowest BCUT2D eigenvalue weighted by atomic mass is 9.87. The quantitative estimate of drug-likeness (QED) is 0.899. The Bertz CT molecular complexity index is 467. The van der Waals surface area contributed by atoms with Crippen LogP contribution in [0, 0.1) is 0 Å². The first-order valence-corrected chi connectivity index (χ1v) is 7.38. The lowest BCUT2D eigenvalue weighted by Crippen LogP contribution is -2.46. The first kappa shape index (κ1) is 13.4. The zero-order chi connectivity index (χ0) is 14.0. The summed E-state index contributed by atoms with van der Waals surface area (Å²) in [5.74, 6) is 0.178. The van der Waals surface area contributed by atoms with Crippen LogP contribution in [0.5, 0.6) is 0 Å². The molecule has 2 fully saturated rings. The lowest BCUT2D eigenvalue weighted by molar-refractivity contribution is -0.133. The molecule has 3 rings (SSSR count). The van der Waals surface area contributed by atoms with Crippen LogP contribution >= 0.6 is 0 Å². The van der Waals surface area contributed by atoms with E-state index in [9.17, 15) is 4.79 Å². The second-order valence-corrected chi connectivity index (χ2v) is 5.91. The third-order valence-corrected chi connectivity index (χ3v) is 4.47. The standard InChI is InChI=1S/C16H22N2O2/c1-13(19)18-9-7-16(8-10-18)11-15(12-20-16)17-14-5-3-2-4-6-14/h2-6,15,17H,7-12H2,1H3. The minimum Gasteiger partial charge on any atom is -0.380 e. The van der Waals surface area contributed by atoms with Gasteiger partial charge in [0.25, 0.3) is 0 Å². The Morgan fingerprint density at radius 2 is 2.00 bits per heavy atom. The normalized spacial score (nSPS) is 24.9. The van der Waals surface area contributed by atoms with Gasteiger partial charge in [0.05, 0.1) is 18.2 Å². The first-order valence-electron chi connectivity index (χ1n) is 7.38. The van der Waals surface area contributed by atoms with Crippen LogP contribution in [0.4, 0.5) is 5.69 Å². The van der Waals surface area contributed by atoms with E-state index in [2.05, 4.69) is 17.4 Å². The van der Waals surface area contributed by atoms with Crippen molar-refractivity contribution in [2.24, 2.45) is 0 Å². The number of amides is 1. The van der Waals surface area contributed by atoms with Gasteiger partial charge in [-0.05, 0) is 31.4 Å². The van der Waals surface area contributed by atoms with E-state index in [1.165, 1.54) is 0 Å². The van der Waals surface area contributed by atoms with Crippen molar-refractivity contribution in [1.29, 1.82) is 0 Å². The number of ether oxygens (including phenoxy) is 1. The minimum atomic E-state index is -0.0155. The van der Waals surface area contributed by atoms with Crippen LogP contribution in [0.2, 0.25) is 0 Å². The predicted octanol–water partition coefficient (Wildman–Crippen LogP) is 2.27. The fraction of sp³-hybridized carbons (Fsp3) is 0.562. The summed E-state index contributed by atoms with van der Waals surface area (Å²) in [6.07, 6.45) is 2.95. The van der Waals surface area contributed by atoms with Crippen molar-refractivity contribution in [3.8, 4) is 0 Å². The van der Waals surface area contributed by atoms with Gasteiger partial charge in [-0.1, -0.05) is 18.2 Å². The number of benzene rings is 1. The molecule has 0 saturated carbocycles. The molecule has 4 nitrogen and oxygen atoms in total. The van der Waals surface area contributed by atoms with E-state index in [-0.39, 0.29) is 11.5 Å². The molecule has 108 valence electrons. The number of piperidine rings is 1. The zero-order valence-corrected chi connectivity index (χ0v) is 12.0. The maximum absolute atomic E-state index is 11.4. The van der Waals surface area contributed by atoms with Gasteiger partial charge in [-0.2, -0.15) is 0 Å². The van der Waals surface area contributed by atoms with Gasteiger partial charge in [0.15, 0.2) is 0 Å². The van der Waals surface area contributed by atoms with E-state index in [1.807, 2.05) is 23.1 Å². The Morgan fingerprint density at radius 1 is 1.30 bits per heavy atom. The van der Waals surface area contributed by atoms with Gasteiger partial charge in [0, 0.05) is 25.7 Å². The number of para-hydroxylation sites is 1. The molecule has 2 aliphatic rings. The summed E-state index contributed by atoms with van der Waals surface area (Å²) < 4.78 is 6.09. The molecule has 1 spiro atoms. The van der Waals surface area contributed by atoms with Gasteiger partial charge in [0.1, 0.15) is 0 Å². The fourth-order valence-electron chi connectivity index (χ4n) is 3.28. The van der Waals surface area contributed by atoms with Crippen LogP contribution in [0.15, 0.2) is 30.3 Å². The summed E-state index contributed by atoms with van der Waals surface area (Å²) in [5.41, 5.74) is 1.14. The van der Waals surface area contributed by atoms with Crippen molar-refractivity contribution in [1.82, 2.24) is 4.90 Å². The Labute approximate surface area is 120 Å². The SMILES string of the molecule is CC(=O)N1CCC2(CC1)CC(Nc1ccccc1)CO2. The highest BCUT2D eigenvalue weighted by Crippen LogP contribution is 2.36. The molecule has 1 N–H and O–H groups in total. The van der Waals surface area contributed by atoms with Crippen molar-refractivity contribution < 1.29 is 9.53 Å². The van der Waals surface area contributed by atoms with Crippen molar-refractivity contribution >= 4 is 11.6 Å². The van der Waals surface area contributed by atoms with Crippen LogP contribution < -0.4 is 5.32 Å². The maximum atomic E-state index is 11.4. The molecule has 0 radical (unpaired) electrons. The van der Waals surface area contributed by atoms with E-state index in [0.717, 1.165) is 44.6 Å². The number of hydrogen-bond acceptors (Lipinski definition) is 3. The molecule has 2 saturated heterocycles. The highest BCUT2D eigenvalue weighted by Gasteiger charge is 2.43. The predicted molar refractivity (Wildman–Crippen MR) is 78.6 cm³/mol. The second kappa shape index (κ2) is 5.44. The molecule has 4 heteroatoms. The Balaban J connectivity index is 1.56. The fourth-order valence-corrected chi connectivity index (χ4v) is 3.28. The molecule has 20 heavy (non-hydrogen) atoms. The number of anilines is 1. The third kappa shape index (κ3) is 2.80. The smallest absolute Gasteiger partial charge is 0.219 e. The molecule has 2 aliphatic heterocycles. The lowest BCUT2D eigenvalue weighted by Gasteiger charge is -2.38. The molecule has 0 bridgehead atoms. The van der Waals surface area contributed by atoms with Crippen LogP contribution in [0.3, 0.4) is 0 Å². The molecule has 1 aromatic carbocycles. The first-order chi connectivity index (χ1) is 9.67. The monoisotopic (exact) mass is 274 g/mol. The molecule has 0 aliphatic carbocycles. The molecule has 1 unspecified atom stereocenters. The van der Waals surface area contributed by atoms with Gasteiger partial charge < -0.3 is 15.0 Å². The maximum Gasteiger partial charge on any atom is 0.219 e. The van der Waals surface area contributed by atoms with Crippen molar-refractivity contribution in [3.63, 3.8) is 0 Å². The van der Waals surface area contributed by atoms with Gasteiger partial charge >= 0.3 is 0 Å². The molecule has 1 atom stereocenters. The number of nitrogens with zero attached hydrogens (tertiary/aromatic N) is 1. The molecule has 2 heterocycles. The highest BCUT2D eigenvalue weighted by molar-refractivity contribution is 5.73. The zero-order valence-electron chi connectivity index (χ0n) is 12.0. The number of hydrogen-bond donors (Lipinski definition) is 1. The third-order valence-electron chi connectivity index (χ3n) is 4.47. The Morgan fingerprint density at radius 3 is 2.65 bits per heavy atom. The van der Waals surface area contributed by atoms with Crippen LogP contribution in [0.25, 0.3) is 0 Å². The largest absolute Gasteiger partial charge is 0.380 e. The van der Waals surface area contributed by atoms with Crippen molar-refractivity contribution in [3.05, 3.63) is 30.3 Å². The minimum absolute atomic E-state index is 0.0155. The summed E-state index contributed by atoms with van der Waals surface area (Å²) in [7, 11) is 0. The van der Waals surface area contributed by atoms with Crippen LogP contribution in [-0.4, -0.2) is 42.1 Å². The van der Waals surface area contributed by atoms with Gasteiger partial charge in [-0.15, -0.1) is 0 Å². The van der Waals surface area contributed by atoms with Gasteiger partial charge in [-0.3, -0.25) is 4.79 Å². The summed E-state index contributed by atoms with van der Waals surface area (Å²) >= 11 is 0. The Hall–Kier alpha value is -1.55. The van der Waals surface area contributed by atoms with Crippen molar-refractivity contribution in [2.75, 3.05) is 25.0 Å². The molecule has 1 aromatic rings. The molecule has 0 aromatic heterocycles. The van der Waals surface area contributed by atoms with Crippen LogP contribution in [-0.2, 0) is 9.53 Å². The molecular weight excluding hydrogens is 252 g/mol. The Kier molecular flexibility index (Phi) is 3.66. The summed E-state index contributed by atoms with van der Waals surface area (Å²) in [6.45, 7) is 4.06. The summed E-state index contributed by atoms with van der Waals surface area (Å²) in [4.78, 5) is 13.3. The number of nitrogens with one attached hydrogen (secondary N) is 1. The summed E-state index contributed by atoms with van der Waals surface area (Å²) in [6, 6.07) is 10.7. The van der Waals surface area contributed by atoms with Crippen LogP contribution in [0.1, 0.15) is 26.2 Å². The van der Waals surface area contributed by atoms with Crippen molar-refractivity contribution in [2.45, 2.75) is 37.8 Å².